The monoisotopic (exact) mass is 340 g/mol. The molecule has 0 saturated carbocycles. The van der Waals surface area contributed by atoms with E-state index in [2.05, 4.69) is 32.8 Å². The molecule has 2 aromatic rings. The van der Waals surface area contributed by atoms with Crippen molar-refractivity contribution in [2.75, 3.05) is 37.7 Å². The molecular formula is C19H24N4O2. The zero-order valence-electron chi connectivity index (χ0n) is 14.8. The SMILES string of the molecule is CCOC(=O)c1cncc(N2CCN(C(C)c3cccnc3)CC2)c1. The van der Waals surface area contributed by atoms with Crippen LogP contribution in [0.25, 0.3) is 0 Å². The van der Waals surface area contributed by atoms with Gasteiger partial charge in [0.15, 0.2) is 0 Å². The molecule has 6 heteroatoms. The molecule has 1 unspecified atom stereocenters. The Morgan fingerprint density at radius 3 is 2.68 bits per heavy atom. The molecule has 1 atom stereocenters. The molecule has 132 valence electrons. The Morgan fingerprint density at radius 2 is 2.00 bits per heavy atom. The van der Waals surface area contributed by atoms with Crippen LogP contribution in [0.1, 0.15) is 35.8 Å². The van der Waals surface area contributed by atoms with E-state index in [-0.39, 0.29) is 5.97 Å². The average molecular weight is 340 g/mol. The van der Waals surface area contributed by atoms with Crippen LogP contribution in [0.15, 0.2) is 43.0 Å². The van der Waals surface area contributed by atoms with Gasteiger partial charge in [-0.05, 0) is 31.5 Å². The number of esters is 1. The normalized spacial score (nSPS) is 16.5. The van der Waals surface area contributed by atoms with Gasteiger partial charge in [0.25, 0.3) is 0 Å². The molecule has 1 saturated heterocycles. The number of hydrogen-bond donors (Lipinski definition) is 0. The highest BCUT2D eigenvalue weighted by Gasteiger charge is 2.23. The first kappa shape index (κ1) is 17.4. The maximum Gasteiger partial charge on any atom is 0.339 e. The van der Waals surface area contributed by atoms with Crippen LogP contribution in [0.3, 0.4) is 0 Å². The Bertz CT molecular complexity index is 700. The van der Waals surface area contributed by atoms with Crippen LogP contribution in [0, 0.1) is 0 Å². The van der Waals surface area contributed by atoms with Gasteiger partial charge in [-0.1, -0.05) is 6.07 Å². The predicted octanol–water partition coefficient (Wildman–Crippen LogP) is 2.54. The van der Waals surface area contributed by atoms with Gasteiger partial charge in [-0.25, -0.2) is 4.79 Å². The molecule has 0 N–H and O–H groups in total. The van der Waals surface area contributed by atoms with E-state index < -0.39 is 0 Å². The minimum atomic E-state index is -0.319. The summed E-state index contributed by atoms with van der Waals surface area (Å²) in [5.41, 5.74) is 2.71. The van der Waals surface area contributed by atoms with E-state index in [9.17, 15) is 4.79 Å². The lowest BCUT2D eigenvalue weighted by atomic mass is 10.1. The Labute approximate surface area is 148 Å². The van der Waals surface area contributed by atoms with Crippen LogP contribution in [0.5, 0.6) is 0 Å². The summed E-state index contributed by atoms with van der Waals surface area (Å²) in [4.78, 5) is 25.0. The van der Waals surface area contributed by atoms with Crippen LogP contribution in [0.2, 0.25) is 0 Å². The molecular weight excluding hydrogens is 316 g/mol. The molecule has 1 aliphatic rings. The van der Waals surface area contributed by atoms with Gasteiger partial charge < -0.3 is 9.64 Å². The summed E-state index contributed by atoms with van der Waals surface area (Å²) in [7, 11) is 0. The second-order valence-electron chi connectivity index (χ2n) is 6.14. The van der Waals surface area contributed by atoms with Crippen LogP contribution >= 0.6 is 0 Å². The summed E-state index contributed by atoms with van der Waals surface area (Å²) < 4.78 is 5.06. The zero-order chi connectivity index (χ0) is 17.6. The predicted molar refractivity (Wildman–Crippen MR) is 96.6 cm³/mol. The van der Waals surface area contributed by atoms with Gasteiger partial charge in [0.2, 0.25) is 0 Å². The molecule has 1 fully saturated rings. The van der Waals surface area contributed by atoms with Crippen molar-refractivity contribution in [3.05, 3.63) is 54.1 Å². The molecule has 3 rings (SSSR count). The third kappa shape index (κ3) is 4.14. The molecule has 3 heterocycles. The molecule has 0 bridgehead atoms. The van der Waals surface area contributed by atoms with Crippen LogP contribution in [-0.4, -0.2) is 53.6 Å². The number of carbonyl (C=O) groups is 1. The molecule has 2 aromatic heterocycles. The lowest BCUT2D eigenvalue weighted by Crippen LogP contribution is -2.47. The smallest absolute Gasteiger partial charge is 0.339 e. The molecule has 1 aliphatic heterocycles. The summed E-state index contributed by atoms with van der Waals surface area (Å²) in [5.74, 6) is -0.319. The summed E-state index contributed by atoms with van der Waals surface area (Å²) in [6, 6.07) is 6.32. The van der Waals surface area contributed by atoms with Crippen molar-refractivity contribution in [2.24, 2.45) is 0 Å². The maximum absolute atomic E-state index is 11.9. The number of pyridine rings is 2. The Hall–Kier alpha value is -2.47. The number of anilines is 1. The Kier molecular flexibility index (Phi) is 5.60. The average Bonchev–Trinajstić information content (AvgIpc) is 2.68. The zero-order valence-corrected chi connectivity index (χ0v) is 14.8. The molecule has 0 amide bonds. The van der Waals surface area contributed by atoms with Crippen molar-refractivity contribution in [2.45, 2.75) is 19.9 Å². The van der Waals surface area contributed by atoms with E-state index in [1.165, 1.54) is 5.56 Å². The van der Waals surface area contributed by atoms with Crippen molar-refractivity contribution >= 4 is 11.7 Å². The Morgan fingerprint density at radius 1 is 1.20 bits per heavy atom. The number of hydrogen-bond acceptors (Lipinski definition) is 6. The van der Waals surface area contributed by atoms with Gasteiger partial charge in [0, 0.05) is 50.8 Å². The van der Waals surface area contributed by atoms with E-state index in [0.29, 0.717) is 18.2 Å². The molecule has 0 aromatic carbocycles. The summed E-state index contributed by atoms with van der Waals surface area (Å²) in [5, 5.41) is 0. The first-order valence-electron chi connectivity index (χ1n) is 8.70. The quantitative estimate of drug-likeness (QED) is 0.780. The lowest BCUT2D eigenvalue weighted by molar-refractivity contribution is 0.0526. The second kappa shape index (κ2) is 8.07. The van der Waals surface area contributed by atoms with Crippen LogP contribution in [-0.2, 0) is 4.74 Å². The van der Waals surface area contributed by atoms with Gasteiger partial charge in [-0.15, -0.1) is 0 Å². The highest BCUT2D eigenvalue weighted by Crippen LogP contribution is 2.23. The van der Waals surface area contributed by atoms with Gasteiger partial charge >= 0.3 is 5.97 Å². The minimum Gasteiger partial charge on any atom is -0.462 e. The fraction of sp³-hybridized carbons (Fsp3) is 0.421. The molecule has 0 radical (unpaired) electrons. The molecule has 6 nitrogen and oxygen atoms in total. The fourth-order valence-corrected chi connectivity index (χ4v) is 3.13. The fourth-order valence-electron chi connectivity index (χ4n) is 3.13. The van der Waals surface area contributed by atoms with E-state index in [4.69, 9.17) is 4.74 Å². The van der Waals surface area contributed by atoms with Gasteiger partial charge in [-0.2, -0.15) is 0 Å². The van der Waals surface area contributed by atoms with Gasteiger partial charge in [0.1, 0.15) is 0 Å². The summed E-state index contributed by atoms with van der Waals surface area (Å²) >= 11 is 0. The first-order chi connectivity index (χ1) is 12.2. The topological polar surface area (TPSA) is 58.6 Å². The highest BCUT2D eigenvalue weighted by atomic mass is 16.5. The van der Waals surface area contributed by atoms with Crippen LogP contribution < -0.4 is 4.90 Å². The standard InChI is InChI=1S/C19H24N4O2/c1-3-25-19(24)17-11-18(14-21-13-17)23-9-7-22(8-10-23)15(2)16-5-4-6-20-12-16/h4-6,11-15H,3,7-10H2,1-2H3. The number of rotatable bonds is 5. The van der Waals surface area contributed by atoms with Crippen LogP contribution in [0.4, 0.5) is 5.69 Å². The van der Waals surface area contributed by atoms with Gasteiger partial charge in [-0.3, -0.25) is 14.9 Å². The minimum absolute atomic E-state index is 0.319. The van der Waals surface area contributed by atoms with Crippen molar-refractivity contribution in [3.8, 4) is 0 Å². The number of ether oxygens (including phenoxy) is 1. The van der Waals surface area contributed by atoms with Crippen molar-refractivity contribution < 1.29 is 9.53 Å². The molecule has 0 spiro atoms. The van der Waals surface area contributed by atoms with E-state index in [0.717, 1.165) is 31.9 Å². The second-order valence-corrected chi connectivity index (χ2v) is 6.14. The van der Waals surface area contributed by atoms with Gasteiger partial charge in [0.05, 0.1) is 24.1 Å². The maximum atomic E-state index is 11.9. The summed E-state index contributed by atoms with van der Waals surface area (Å²) in [6.45, 7) is 8.11. The van der Waals surface area contributed by atoms with Crippen molar-refractivity contribution in [1.82, 2.24) is 14.9 Å². The highest BCUT2D eigenvalue weighted by molar-refractivity contribution is 5.90. The third-order valence-corrected chi connectivity index (χ3v) is 4.63. The number of nitrogens with zero attached hydrogens (tertiary/aromatic N) is 4. The van der Waals surface area contributed by atoms with E-state index >= 15 is 0 Å². The lowest BCUT2D eigenvalue weighted by Gasteiger charge is -2.39. The number of piperazine rings is 1. The number of carbonyl (C=O) groups excluding carboxylic acids is 1. The third-order valence-electron chi connectivity index (χ3n) is 4.63. The Balaban J connectivity index is 1.62. The first-order valence-corrected chi connectivity index (χ1v) is 8.70. The van der Waals surface area contributed by atoms with E-state index in [1.54, 1.807) is 19.3 Å². The van der Waals surface area contributed by atoms with E-state index in [1.807, 2.05) is 24.5 Å². The van der Waals surface area contributed by atoms with Crippen molar-refractivity contribution in [3.63, 3.8) is 0 Å². The van der Waals surface area contributed by atoms with Crippen molar-refractivity contribution in [1.29, 1.82) is 0 Å². The molecule has 25 heavy (non-hydrogen) atoms. The number of aromatic nitrogens is 2. The molecule has 0 aliphatic carbocycles. The summed E-state index contributed by atoms with van der Waals surface area (Å²) in [6.07, 6.45) is 7.10. The largest absolute Gasteiger partial charge is 0.462 e.